The topological polar surface area (TPSA) is 40.5 Å². The van der Waals surface area contributed by atoms with Gasteiger partial charge in [-0.25, -0.2) is 0 Å². The molecule has 1 atom stereocenters. The zero-order chi connectivity index (χ0) is 12.8. The smallest absolute Gasteiger partial charge is 0.303 e. The second kappa shape index (κ2) is 6.55. The molecule has 18 heavy (non-hydrogen) atoms. The van der Waals surface area contributed by atoms with Gasteiger partial charge in [0.25, 0.3) is 0 Å². The van der Waals surface area contributed by atoms with Crippen LogP contribution in [0, 0.1) is 5.92 Å². The Morgan fingerprint density at radius 1 is 1.33 bits per heavy atom. The first-order valence-corrected chi connectivity index (χ1v) is 6.72. The summed E-state index contributed by atoms with van der Waals surface area (Å²) in [6.45, 7) is 3.28. The summed E-state index contributed by atoms with van der Waals surface area (Å²) in [6, 6.07) is 10.5. The maximum absolute atomic E-state index is 10.5. The maximum Gasteiger partial charge on any atom is 0.303 e. The number of aliphatic carboxylic acids is 1. The summed E-state index contributed by atoms with van der Waals surface area (Å²) < 4.78 is 0. The van der Waals surface area contributed by atoms with Crippen LogP contribution in [0.15, 0.2) is 30.3 Å². The average Bonchev–Trinajstić information content (AvgIpc) is 2.83. The molecule has 1 aromatic rings. The molecule has 1 saturated heterocycles. The summed E-state index contributed by atoms with van der Waals surface area (Å²) in [5, 5.41) is 8.68. The molecule has 0 amide bonds. The number of nitrogens with zero attached hydrogens (tertiary/aromatic N) is 1. The molecule has 1 heterocycles. The number of carboxylic acid groups (broad SMARTS) is 1. The molecule has 0 aromatic heterocycles. The van der Waals surface area contributed by atoms with Crippen molar-refractivity contribution in [1.29, 1.82) is 0 Å². The Morgan fingerprint density at radius 3 is 2.83 bits per heavy atom. The van der Waals surface area contributed by atoms with E-state index in [1.807, 2.05) is 6.07 Å². The number of carbonyl (C=O) groups is 1. The van der Waals surface area contributed by atoms with Crippen LogP contribution in [0.5, 0.6) is 0 Å². The van der Waals surface area contributed by atoms with Crippen LogP contribution in [0.25, 0.3) is 0 Å². The van der Waals surface area contributed by atoms with E-state index in [0.29, 0.717) is 12.3 Å². The van der Waals surface area contributed by atoms with E-state index < -0.39 is 5.97 Å². The lowest BCUT2D eigenvalue weighted by molar-refractivity contribution is -0.137. The summed E-state index contributed by atoms with van der Waals surface area (Å²) in [7, 11) is 0. The van der Waals surface area contributed by atoms with Gasteiger partial charge in [0.05, 0.1) is 0 Å². The van der Waals surface area contributed by atoms with Gasteiger partial charge in [0.1, 0.15) is 0 Å². The Bertz CT molecular complexity index is 377. The summed E-state index contributed by atoms with van der Waals surface area (Å²) in [6.07, 6.45) is 3.39. The van der Waals surface area contributed by atoms with E-state index in [1.54, 1.807) is 0 Å². The molecule has 1 unspecified atom stereocenters. The van der Waals surface area contributed by atoms with Crippen LogP contribution in [0.1, 0.15) is 24.8 Å². The summed E-state index contributed by atoms with van der Waals surface area (Å²) in [4.78, 5) is 13.0. The SMILES string of the molecule is O=C(O)CCC1CCN(CCc2ccccc2)C1. The van der Waals surface area contributed by atoms with Crippen molar-refractivity contribution in [3.05, 3.63) is 35.9 Å². The molecule has 0 bridgehead atoms. The summed E-state index contributed by atoms with van der Waals surface area (Å²) in [5.41, 5.74) is 1.38. The number of likely N-dealkylation sites (tertiary alicyclic amines) is 1. The van der Waals surface area contributed by atoms with Crippen molar-refractivity contribution in [1.82, 2.24) is 4.90 Å². The van der Waals surface area contributed by atoms with Gasteiger partial charge in [-0.1, -0.05) is 30.3 Å². The lowest BCUT2D eigenvalue weighted by atomic mass is 10.0. The minimum Gasteiger partial charge on any atom is -0.481 e. The predicted octanol–water partition coefficient (Wildman–Crippen LogP) is 2.42. The molecule has 2 rings (SSSR count). The first-order valence-electron chi connectivity index (χ1n) is 6.72. The minimum atomic E-state index is -0.669. The second-order valence-electron chi connectivity index (χ2n) is 5.12. The van der Waals surface area contributed by atoms with Crippen LogP contribution >= 0.6 is 0 Å². The number of carboxylic acids is 1. The van der Waals surface area contributed by atoms with Gasteiger partial charge < -0.3 is 10.0 Å². The highest BCUT2D eigenvalue weighted by molar-refractivity contribution is 5.66. The fourth-order valence-corrected chi connectivity index (χ4v) is 2.61. The molecule has 3 nitrogen and oxygen atoms in total. The van der Waals surface area contributed by atoms with Gasteiger partial charge in [0.15, 0.2) is 0 Å². The van der Waals surface area contributed by atoms with E-state index in [-0.39, 0.29) is 0 Å². The van der Waals surface area contributed by atoms with Gasteiger partial charge in [-0.15, -0.1) is 0 Å². The summed E-state index contributed by atoms with van der Waals surface area (Å²) in [5.74, 6) is -0.0883. The van der Waals surface area contributed by atoms with E-state index in [2.05, 4.69) is 29.2 Å². The van der Waals surface area contributed by atoms with E-state index in [4.69, 9.17) is 5.11 Å². The first kappa shape index (κ1) is 13.1. The molecule has 3 heteroatoms. The van der Waals surface area contributed by atoms with Gasteiger partial charge in [0, 0.05) is 19.5 Å². The van der Waals surface area contributed by atoms with Crippen LogP contribution in [0.4, 0.5) is 0 Å². The van der Waals surface area contributed by atoms with Crippen molar-refractivity contribution < 1.29 is 9.90 Å². The third kappa shape index (κ3) is 4.15. The normalized spacial score (nSPS) is 20.1. The van der Waals surface area contributed by atoms with E-state index in [0.717, 1.165) is 38.9 Å². The van der Waals surface area contributed by atoms with Crippen LogP contribution < -0.4 is 0 Å². The Hall–Kier alpha value is -1.35. The van der Waals surface area contributed by atoms with Gasteiger partial charge in [-0.2, -0.15) is 0 Å². The van der Waals surface area contributed by atoms with E-state index in [1.165, 1.54) is 5.56 Å². The number of hydrogen-bond donors (Lipinski definition) is 1. The minimum absolute atomic E-state index is 0.317. The fourth-order valence-electron chi connectivity index (χ4n) is 2.61. The third-order valence-electron chi connectivity index (χ3n) is 3.70. The number of benzene rings is 1. The molecule has 0 saturated carbocycles. The Labute approximate surface area is 108 Å². The molecule has 0 spiro atoms. The molecular formula is C15H21NO2. The van der Waals surface area contributed by atoms with Crippen molar-refractivity contribution in [2.75, 3.05) is 19.6 Å². The molecule has 1 aliphatic rings. The Balaban J connectivity index is 1.68. The van der Waals surface area contributed by atoms with E-state index in [9.17, 15) is 4.79 Å². The van der Waals surface area contributed by atoms with Gasteiger partial charge in [-0.3, -0.25) is 4.79 Å². The average molecular weight is 247 g/mol. The monoisotopic (exact) mass is 247 g/mol. The molecule has 0 radical (unpaired) electrons. The maximum atomic E-state index is 10.5. The van der Waals surface area contributed by atoms with Crippen LogP contribution in [0.3, 0.4) is 0 Å². The van der Waals surface area contributed by atoms with E-state index >= 15 is 0 Å². The van der Waals surface area contributed by atoms with Gasteiger partial charge >= 0.3 is 5.97 Å². The summed E-state index contributed by atoms with van der Waals surface area (Å²) >= 11 is 0. The standard InChI is InChI=1S/C15H21NO2/c17-15(18)7-6-14-9-11-16(12-14)10-8-13-4-2-1-3-5-13/h1-5,14H,6-12H2,(H,17,18). The molecule has 0 aliphatic carbocycles. The molecule has 1 aliphatic heterocycles. The van der Waals surface area contributed by atoms with Crippen molar-refractivity contribution in [2.24, 2.45) is 5.92 Å². The fraction of sp³-hybridized carbons (Fsp3) is 0.533. The van der Waals surface area contributed by atoms with Crippen molar-refractivity contribution >= 4 is 5.97 Å². The Kier molecular flexibility index (Phi) is 4.76. The highest BCUT2D eigenvalue weighted by Crippen LogP contribution is 2.21. The second-order valence-corrected chi connectivity index (χ2v) is 5.12. The van der Waals surface area contributed by atoms with Gasteiger partial charge in [-0.05, 0) is 37.3 Å². The quantitative estimate of drug-likeness (QED) is 0.839. The van der Waals surface area contributed by atoms with Crippen LogP contribution in [0.2, 0.25) is 0 Å². The Morgan fingerprint density at radius 2 is 2.11 bits per heavy atom. The van der Waals surface area contributed by atoms with Crippen LogP contribution in [-0.2, 0) is 11.2 Å². The zero-order valence-corrected chi connectivity index (χ0v) is 10.7. The highest BCUT2D eigenvalue weighted by Gasteiger charge is 2.22. The van der Waals surface area contributed by atoms with Crippen molar-refractivity contribution in [3.63, 3.8) is 0 Å². The van der Waals surface area contributed by atoms with Crippen molar-refractivity contribution in [3.8, 4) is 0 Å². The number of hydrogen-bond acceptors (Lipinski definition) is 2. The third-order valence-corrected chi connectivity index (χ3v) is 3.70. The molecular weight excluding hydrogens is 226 g/mol. The molecule has 98 valence electrons. The molecule has 1 aromatic carbocycles. The largest absolute Gasteiger partial charge is 0.481 e. The first-order chi connectivity index (χ1) is 8.74. The lowest BCUT2D eigenvalue weighted by Gasteiger charge is -2.15. The highest BCUT2D eigenvalue weighted by atomic mass is 16.4. The predicted molar refractivity (Wildman–Crippen MR) is 71.6 cm³/mol. The molecule has 1 N–H and O–H groups in total. The zero-order valence-electron chi connectivity index (χ0n) is 10.7. The number of rotatable bonds is 6. The van der Waals surface area contributed by atoms with Crippen molar-refractivity contribution in [2.45, 2.75) is 25.7 Å². The lowest BCUT2D eigenvalue weighted by Crippen LogP contribution is -2.23. The molecule has 1 fully saturated rings. The van der Waals surface area contributed by atoms with Crippen LogP contribution in [-0.4, -0.2) is 35.6 Å². The van der Waals surface area contributed by atoms with Gasteiger partial charge in [0.2, 0.25) is 0 Å².